The molecule has 1 aromatic heterocycles. The number of hydrogen-bond acceptors (Lipinski definition) is 4. The van der Waals surface area contributed by atoms with E-state index >= 15 is 0 Å². The van der Waals surface area contributed by atoms with Gasteiger partial charge in [0, 0.05) is 49.4 Å². The Morgan fingerprint density at radius 1 is 1.32 bits per heavy atom. The van der Waals surface area contributed by atoms with Crippen LogP contribution in [0.1, 0.15) is 32.0 Å². The molecule has 0 bridgehead atoms. The molecular formula is C15H27N3O. The number of aromatic nitrogens is 1. The maximum Gasteiger partial charge on any atom is 0.0641 e. The van der Waals surface area contributed by atoms with Crippen molar-refractivity contribution < 1.29 is 4.74 Å². The third kappa shape index (κ3) is 5.17. The Labute approximate surface area is 117 Å². The molecule has 0 spiro atoms. The van der Waals surface area contributed by atoms with Crippen LogP contribution in [0, 0.1) is 6.92 Å². The summed E-state index contributed by atoms with van der Waals surface area (Å²) in [5.41, 5.74) is 3.59. The fraction of sp³-hybridized carbons (Fsp3) is 0.667. The molecule has 0 aliphatic carbocycles. The number of ether oxygens (including phenoxy) is 1. The Balaban J connectivity index is 2.83. The van der Waals surface area contributed by atoms with Gasteiger partial charge in [0.05, 0.1) is 6.61 Å². The SMILES string of the molecule is CCNCc1cnc(C)cc1N(CC)CCOCC. The second kappa shape index (κ2) is 8.88. The number of pyridine rings is 1. The monoisotopic (exact) mass is 265 g/mol. The average molecular weight is 265 g/mol. The molecule has 0 fully saturated rings. The van der Waals surface area contributed by atoms with Crippen LogP contribution >= 0.6 is 0 Å². The summed E-state index contributed by atoms with van der Waals surface area (Å²) in [6, 6.07) is 2.17. The molecule has 0 amide bonds. The lowest BCUT2D eigenvalue weighted by Crippen LogP contribution is -2.29. The van der Waals surface area contributed by atoms with Crippen LogP contribution in [0.4, 0.5) is 5.69 Å². The highest BCUT2D eigenvalue weighted by molar-refractivity contribution is 5.53. The summed E-state index contributed by atoms with van der Waals surface area (Å²) >= 11 is 0. The van der Waals surface area contributed by atoms with Gasteiger partial charge in [-0.25, -0.2) is 0 Å². The second-order valence-corrected chi connectivity index (χ2v) is 4.51. The molecule has 1 N–H and O–H groups in total. The van der Waals surface area contributed by atoms with Crippen molar-refractivity contribution in [1.82, 2.24) is 10.3 Å². The molecule has 0 aliphatic rings. The number of nitrogens with zero attached hydrogens (tertiary/aromatic N) is 2. The van der Waals surface area contributed by atoms with Crippen molar-refractivity contribution in [3.8, 4) is 0 Å². The average Bonchev–Trinajstić information content (AvgIpc) is 2.42. The fourth-order valence-electron chi connectivity index (χ4n) is 2.03. The molecule has 19 heavy (non-hydrogen) atoms. The molecule has 0 aliphatic heterocycles. The molecule has 0 radical (unpaired) electrons. The first-order chi connectivity index (χ1) is 9.22. The van der Waals surface area contributed by atoms with Gasteiger partial charge in [-0.1, -0.05) is 6.92 Å². The molecule has 0 aromatic carbocycles. The predicted molar refractivity (Wildman–Crippen MR) is 80.7 cm³/mol. The maximum atomic E-state index is 5.47. The Morgan fingerprint density at radius 2 is 2.11 bits per heavy atom. The number of rotatable bonds is 9. The maximum absolute atomic E-state index is 5.47. The van der Waals surface area contributed by atoms with E-state index in [1.807, 2.05) is 20.0 Å². The summed E-state index contributed by atoms with van der Waals surface area (Å²) < 4.78 is 5.47. The van der Waals surface area contributed by atoms with E-state index in [-0.39, 0.29) is 0 Å². The van der Waals surface area contributed by atoms with Gasteiger partial charge < -0.3 is 15.0 Å². The largest absolute Gasteiger partial charge is 0.380 e. The van der Waals surface area contributed by atoms with E-state index in [1.54, 1.807) is 0 Å². The first-order valence-corrected chi connectivity index (χ1v) is 7.21. The summed E-state index contributed by atoms with van der Waals surface area (Å²) in [4.78, 5) is 6.77. The molecule has 4 heteroatoms. The van der Waals surface area contributed by atoms with Crippen molar-refractivity contribution in [3.05, 3.63) is 23.5 Å². The molecule has 1 rings (SSSR count). The van der Waals surface area contributed by atoms with Gasteiger partial charge in [-0.2, -0.15) is 0 Å². The molecule has 0 saturated carbocycles. The highest BCUT2D eigenvalue weighted by Gasteiger charge is 2.10. The van der Waals surface area contributed by atoms with Crippen molar-refractivity contribution >= 4 is 5.69 Å². The van der Waals surface area contributed by atoms with Crippen LogP contribution in [0.15, 0.2) is 12.3 Å². The lowest BCUT2D eigenvalue weighted by molar-refractivity contribution is 0.154. The lowest BCUT2D eigenvalue weighted by Gasteiger charge is -2.26. The van der Waals surface area contributed by atoms with E-state index in [0.717, 1.165) is 45.1 Å². The summed E-state index contributed by atoms with van der Waals surface area (Å²) in [6.45, 7) is 13.7. The van der Waals surface area contributed by atoms with Gasteiger partial charge in [-0.3, -0.25) is 4.98 Å². The predicted octanol–water partition coefficient (Wildman–Crippen LogP) is 2.36. The van der Waals surface area contributed by atoms with Crippen LogP contribution < -0.4 is 10.2 Å². The van der Waals surface area contributed by atoms with Gasteiger partial charge in [-0.15, -0.1) is 0 Å². The van der Waals surface area contributed by atoms with E-state index in [0.29, 0.717) is 0 Å². The van der Waals surface area contributed by atoms with Gasteiger partial charge in [-0.05, 0) is 33.4 Å². The Hall–Kier alpha value is -1.13. The van der Waals surface area contributed by atoms with Crippen molar-refractivity contribution in [1.29, 1.82) is 0 Å². The Bertz CT molecular complexity index is 368. The van der Waals surface area contributed by atoms with Crippen molar-refractivity contribution in [2.75, 3.05) is 37.7 Å². The third-order valence-electron chi connectivity index (χ3n) is 3.10. The zero-order valence-electron chi connectivity index (χ0n) is 12.7. The molecule has 1 heterocycles. The molecular weight excluding hydrogens is 238 g/mol. The van der Waals surface area contributed by atoms with Gasteiger partial charge >= 0.3 is 0 Å². The number of nitrogens with one attached hydrogen (secondary N) is 1. The topological polar surface area (TPSA) is 37.4 Å². The lowest BCUT2D eigenvalue weighted by atomic mass is 10.2. The number of aryl methyl sites for hydroxylation is 1. The van der Waals surface area contributed by atoms with E-state index in [2.05, 4.69) is 35.1 Å². The van der Waals surface area contributed by atoms with E-state index in [9.17, 15) is 0 Å². The number of likely N-dealkylation sites (N-methyl/N-ethyl adjacent to an activating group) is 1. The summed E-state index contributed by atoms with van der Waals surface area (Å²) in [5.74, 6) is 0. The standard InChI is InChI=1S/C15H27N3O/c1-5-16-11-14-12-17-13(4)10-15(14)18(6-2)8-9-19-7-3/h10,12,16H,5-9,11H2,1-4H3. The zero-order valence-corrected chi connectivity index (χ0v) is 12.7. The summed E-state index contributed by atoms with van der Waals surface area (Å²) in [5, 5.41) is 3.37. The summed E-state index contributed by atoms with van der Waals surface area (Å²) in [6.07, 6.45) is 1.98. The minimum absolute atomic E-state index is 0.770. The molecule has 4 nitrogen and oxygen atoms in total. The molecule has 0 saturated heterocycles. The van der Waals surface area contributed by atoms with Crippen LogP contribution in [0.25, 0.3) is 0 Å². The third-order valence-corrected chi connectivity index (χ3v) is 3.10. The van der Waals surface area contributed by atoms with Crippen LogP contribution in [0.5, 0.6) is 0 Å². The first-order valence-electron chi connectivity index (χ1n) is 7.21. The van der Waals surface area contributed by atoms with E-state index in [1.165, 1.54) is 11.3 Å². The highest BCUT2D eigenvalue weighted by Crippen LogP contribution is 2.20. The zero-order chi connectivity index (χ0) is 14.1. The fourth-order valence-corrected chi connectivity index (χ4v) is 2.03. The second-order valence-electron chi connectivity index (χ2n) is 4.51. The van der Waals surface area contributed by atoms with Gasteiger partial charge in [0.25, 0.3) is 0 Å². The Kier molecular flexibility index (Phi) is 7.45. The van der Waals surface area contributed by atoms with Crippen LogP contribution in [0.2, 0.25) is 0 Å². The smallest absolute Gasteiger partial charge is 0.0641 e. The van der Waals surface area contributed by atoms with Crippen molar-refractivity contribution in [2.45, 2.75) is 34.2 Å². The minimum Gasteiger partial charge on any atom is -0.380 e. The first kappa shape index (κ1) is 15.9. The van der Waals surface area contributed by atoms with E-state index in [4.69, 9.17) is 4.74 Å². The quantitative estimate of drug-likeness (QED) is 0.696. The van der Waals surface area contributed by atoms with Crippen molar-refractivity contribution in [3.63, 3.8) is 0 Å². The van der Waals surface area contributed by atoms with Crippen molar-refractivity contribution in [2.24, 2.45) is 0 Å². The molecule has 0 atom stereocenters. The highest BCUT2D eigenvalue weighted by atomic mass is 16.5. The van der Waals surface area contributed by atoms with Crippen LogP contribution in [0.3, 0.4) is 0 Å². The van der Waals surface area contributed by atoms with E-state index < -0.39 is 0 Å². The molecule has 0 unspecified atom stereocenters. The van der Waals surface area contributed by atoms with Gasteiger partial charge in [0.1, 0.15) is 0 Å². The molecule has 108 valence electrons. The minimum atomic E-state index is 0.770. The normalized spacial score (nSPS) is 10.7. The number of hydrogen-bond donors (Lipinski definition) is 1. The molecule has 1 aromatic rings. The summed E-state index contributed by atoms with van der Waals surface area (Å²) in [7, 11) is 0. The van der Waals surface area contributed by atoms with Gasteiger partial charge in [0.2, 0.25) is 0 Å². The van der Waals surface area contributed by atoms with Gasteiger partial charge in [0.15, 0.2) is 0 Å². The van der Waals surface area contributed by atoms with Crippen LogP contribution in [-0.4, -0.2) is 37.8 Å². The number of anilines is 1. The van der Waals surface area contributed by atoms with Crippen LogP contribution in [-0.2, 0) is 11.3 Å². The Morgan fingerprint density at radius 3 is 2.74 bits per heavy atom.